The number of ether oxygens (including phenoxy) is 1. The number of aromatic nitrogens is 2. The monoisotopic (exact) mass is 416 g/mol. The summed E-state index contributed by atoms with van der Waals surface area (Å²) < 4.78 is 36.0. The molecular formula is C21H22F2N4O3. The second-order valence-electron chi connectivity index (χ2n) is 7.89. The van der Waals surface area contributed by atoms with E-state index < -0.39 is 36.0 Å². The molecule has 0 bridgehead atoms. The van der Waals surface area contributed by atoms with Crippen LogP contribution in [0, 0.1) is 11.6 Å². The largest absolute Gasteiger partial charge is 0.487 e. The number of aliphatic hydroxyl groups excluding tert-OH is 2. The zero-order chi connectivity index (χ0) is 21.0. The maximum absolute atomic E-state index is 14.5. The van der Waals surface area contributed by atoms with Gasteiger partial charge in [-0.3, -0.25) is 0 Å². The fourth-order valence-corrected chi connectivity index (χ4v) is 4.56. The van der Waals surface area contributed by atoms with Crippen molar-refractivity contribution in [2.45, 2.75) is 43.7 Å². The summed E-state index contributed by atoms with van der Waals surface area (Å²) in [5.41, 5.74) is 8.12. The number of hydrogen-bond donors (Lipinski definition) is 4. The summed E-state index contributed by atoms with van der Waals surface area (Å²) in [7, 11) is 0. The number of rotatable bonds is 3. The van der Waals surface area contributed by atoms with Gasteiger partial charge in [-0.25, -0.2) is 13.8 Å². The minimum atomic E-state index is -1.23. The van der Waals surface area contributed by atoms with Crippen molar-refractivity contribution in [2.24, 2.45) is 0 Å². The van der Waals surface area contributed by atoms with Crippen LogP contribution >= 0.6 is 0 Å². The molecule has 2 aromatic heterocycles. The van der Waals surface area contributed by atoms with E-state index in [4.69, 9.17) is 10.5 Å². The molecule has 0 amide bonds. The van der Waals surface area contributed by atoms with Crippen LogP contribution in [0.25, 0.3) is 11.0 Å². The number of aliphatic hydroxyl groups is 2. The summed E-state index contributed by atoms with van der Waals surface area (Å²) in [5, 5.41) is 24.7. The van der Waals surface area contributed by atoms with Crippen LogP contribution < -0.4 is 15.8 Å². The summed E-state index contributed by atoms with van der Waals surface area (Å²) in [6, 6.07) is 3.62. The summed E-state index contributed by atoms with van der Waals surface area (Å²) >= 11 is 0. The van der Waals surface area contributed by atoms with E-state index in [1.54, 1.807) is 0 Å². The number of nitrogens with two attached hydrogens (primary N) is 1. The number of nitrogens with one attached hydrogen (secondary N) is 1. The Balaban J connectivity index is 1.47. The number of nitrogen functional groups attached to an aromatic ring is 1. The summed E-state index contributed by atoms with van der Waals surface area (Å²) in [6.45, 7) is 1.29. The van der Waals surface area contributed by atoms with Gasteiger partial charge in [-0.1, -0.05) is 0 Å². The lowest BCUT2D eigenvalue weighted by Gasteiger charge is -2.24. The molecule has 7 nitrogen and oxygen atoms in total. The Morgan fingerprint density at radius 2 is 2.07 bits per heavy atom. The maximum atomic E-state index is 14.5. The quantitative estimate of drug-likeness (QED) is 0.518. The molecule has 158 valence electrons. The molecular weight excluding hydrogens is 394 g/mol. The summed E-state index contributed by atoms with van der Waals surface area (Å²) in [5.74, 6) is -0.611. The first-order chi connectivity index (χ1) is 14.4. The van der Waals surface area contributed by atoms with E-state index in [2.05, 4.69) is 10.3 Å². The van der Waals surface area contributed by atoms with E-state index in [1.807, 2.05) is 0 Å². The number of benzene rings is 1. The van der Waals surface area contributed by atoms with E-state index in [0.717, 1.165) is 17.7 Å². The third kappa shape index (κ3) is 3.01. The molecule has 30 heavy (non-hydrogen) atoms. The van der Waals surface area contributed by atoms with Gasteiger partial charge in [-0.05, 0) is 30.7 Å². The summed E-state index contributed by atoms with van der Waals surface area (Å²) in [4.78, 5) is 4.20. The van der Waals surface area contributed by atoms with Crippen molar-refractivity contribution < 1.29 is 23.7 Å². The molecule has 5 rings (SSSR count). The van der Waals surface area contributed by atoms with Crippen molar-refractivity contribution >= 4 is 16.7 Å². The highest BCUT2D eigenvalue weighted by Gasteiger charge is 2.45. The third-order valence-corrected chi connectivity index (χ3v) is 6.07. The molecule has 3 heterocycles. The van der Waals surface area contributed by atoms with E-state index in [1.165, 1.54) is 35.2 Å². The van der Waals surface area contributed by atoms with Crippen LogP contribution in [0.1, 0.15) is 23.6 Å². The second-order valence-corrected chi connectivity index (χ2v) is 7.89. The van der Waals surface area contributed by atoms with Crippen LogP contribution in [-0.4, -0.2) is 44.6 Å². The van der Waals surface area contributed by atoms with Gasteiger partial charge >= 0.3 is 0 Å². The molecule has 9 heteroatoms. The Kier molecular flexibility index (Phi) is 4.61. The van der Waals surface area contributed by atoms with Crippen LogP contribution in [0.15, 0.2) is 30.6 Å². The van der Waals surface area contributed by atoms with Crippen molar-refractivity contribution in [1.29, 1.82) is 0 Å². The normalized spacial score (nSPS) is 26.1. The fourth-order valence-electron chi connectivity index (χ4n) is 4.56. The van der Waals surface area contributed by atoms with Gasteiger partial charge in [0.1, 0.15) is 35.5 Å². The standard InChI is InChI=1S/C21H22F2N4O3/c22-11-5-10-1-3-25-8-12(10)16(6-11)30-17-7-15(19(28)20(17)29)27-9-13(23)18-14(24)2-4-26-21(18)27/h2,4-6,9,15,17,19-20,25,28-29H,1,3,7-8H2,(H2,24,26)/t15?,17?,19-,20+/m0/s1. The first-order valence-electron chi connectivity index (χ1n) is 9.89. The predicted molar refractivity (Wildman–Crippen MR) is 106 cm³/mol. The van der Waals surface area contributed by atoms with Gasteiger partial charge in [-0.15, -0.1) is 0 Å². The Labute approximate surface area is 171 Å². The van der Waals surface area contributed by atoms with Crippen molar-refractivity contribution in [3.8, 4) is 5.75 Å². The number of anilines is 1. The fraction of sp³-hybridized carbons (Fsp3) is 0.381. The number of pyridine rings is 1. The molecule has 4 atom stereocenters. The van der Waals surface area contributed by atoms with Crippen molar-refractivity contribution in [1.82, 2.24) is 14.9 Å². The molecule has 2 aliphatic rings. The minimum absolute atomic E-state index is 0.175. The molecule has 1 aromatic carbocycles. The Bertz CT molecular complexity index is 1120. The molecule has 0 radical (unpaired) electrons. The topological polar surface area (TPSA) is 106 Å². The first kappa shape index (κ1) is 19.2. The second kappa shape index (κ2) is 7.19. The lowest BCUT2D eigenvalue weighted by atomic mass is 10.00. The molecule has 3 aromatic rings. The van der Waals surface area contributed by atoms with Crippen LogP contribution in [0.5, 0.6) is 5.75 Å². The van der Waals surface area contributed by atoms with Crippen LogP contribution in [-0.2, 0) is 13.0 Å². The SMILES string of the molecule is Nc1ccnc2c1c(F)cn2C1CC(Oc2cc(F)cc3c2CNCC3)[C@@H](O)[C@H]1O. The third-order valence-electron chi connectivity index (χ3n) is 6.07. The Morgan fingerprint density at radius 3 is 2.90 bits per heavy atom. The minimum Gasteiger partial charge on any atom is -0.487 e. The van der Waals surface area contributed by atoms with Crippen LogP contribution in [0.3, 0.4) is 0 Å². The van der Waals surface area contributed by atoms with E-state index in [0.29, 0.717) is 18.7 Å². The van der Waals surface area contributed by atoms with E-state index in [-0.39, 0.29) is 23.1 Å². The zero-order valence-electron chi connectivity index (χ0n) is 16.1. The van der Waals surface area contributed by atoms with Gasteiger partial charge in [0.05, 0.1) is 11.4 Å². The highest BCUT2D eigenvalue weighted by molar-refractivity contribution is 5.89. The van der Waals surface area contributed by atoms with Crippen LogP contribution in [0.2, 0.25) is 0 Å². The number of halogens is 2. The average Bonchev–Trinajstić information content (AvgIpc) is 3.20. The predicted octanol–water partition coefficient (Wildman–Crippen LogP) is 1.66. The highest BCUT2D eigenvalue weighted by atomic mass is 19.1. The lowest BCUT2D eigenvalue weighted by molar-refractivity contribution is -0.0167. The number of fused-ring (bicyclic) bond motifs is 2. The first-order valence-corrected chi connectivity index (χ1v) is 9.89. The van der Waals surface area contributed by atoms with Crippen molar-refractivity contribution in [3.63, 3.8) is 0 Å². The molecule has 0 saturated heterocycles. The molecule has 1 saturated carbocycles. The number of nitrogens with zero attached hydrogens (tertiary/aromatic N) is 2. The van der Waals surface area contributed by atoms with Gasteiger partial charge in [0.15, 0.2) is 5.82 Å². The molecule has 1 aliphatic carbocycles. The Hall–Kier alpha value is -2.75. The van der Waals surface area contributed by atoms with E-state index >= 15 is 0 Å². The van der Waals surface area contributed by atoms with E-state index in [9.17, 15) is 19.0 Å². The smallest absolute Gasteiger partial charge is 0.152 e. The Morgan fingerprint density at radius 1 is 1.23 bits per heavy atom. The van der Waals surface area contributed by atoms with Gasteiger partial charge in [-0.2, -0.15) is 0 Å². The van der Waals surface area contributed by atoms with Crippen molar-refractivity contribution in [2.75, 3.05) is 12.3 Å². The van der Waals surface area contributed by atoms with Gasteiger partial charge in [0.2, 0.25) is 0 Å². The molecule has 0 spiro atoms. The molecule has 2 unspecified atom stereocenters. The lowest BCUT2D eigenvalue weighted by Crippen LogP contribution is -2.35. The van der Waals surface area contributed by atoms with Gasteiger partial charge in [0.25, 0.3) is 0 Å². The number of hydrogen-bond acceptors (Lipinski definition) is 6. The molecule has 5 N–H and O–H groups in total. The summed E-state index contributed by atoms with van der Waals surface area (Å²) in [6.07, 6.45) is 0.336. The molecule has 1 fully saturated rings. The van der Waals surface area contributed by atoms with Gasteiger partial charge in [0, 0.05) is 42.7 Å². The maximum Gasteiger partial charge on any atom is 0.152 e. The van der Waals surface area contributed by atoms with Crippen LogP contribution in [0.4, 0.5) is 14.5 Å². The van der Waals surface area contributed by atoms with Gasteiger partial charge < -0.3 is 30.6 Å². The molecule has 1 aliphatic heterocycles. The highest BCUT2D eigenvalue weighted by Crippen LogP contribution is 2.38. The zero-order valence-corrected chi connectivity index (χ0v) is 16.1. The average molecular weight is 416 g/mol. The van der Waals surface area contributed by atoms with Crippen molar-refractivity contribution in [3.05, 3.63) is 53.4 Å².